The summed E-state index contributed by atoms with van der Waals surface area (Å²) >= 11 is 1.72. The topological polar surface area (TPSA) is 98.7 Å². The molecule has 3 unspecified atom stereocenters. The number of carbonyl (C=O) groups is 3. The van der Waals surface area contributed by atoms with Gasteiger partial charge in [-0.25, -0.2) is 0 Å². The number of hydrogen-bond donors (Lipinski definition) is 3. The van der Waals surface area contributed by atoms with E-state index in [1.807, 2.05) is 6.92 Å². The highest BCUT2D eigenvalue weighted by atomic mass is 32.2. The van der Waals surface area contributed by atoms with Crippen LogP contribution in [0.15, 0.2) is 0 Å². The van der Waals surface area contributed by atoms with Crippen LogP contribution in [0.3, 0.4) is 0 Å². The normalized spacial score (nSPS) is 33.6. The van der Waals surface area contributed by atoms with Crippen LogP contribution in [0.1, 0.15) is 65.7 Å². The van der Waals surface area contributed by atoms with Crippen LogP contribution in [0.5, 0.6) is 0 Å². The van der Waals surface area contributed by atoms with E-state index in [1.165, 1.54) is 0 Å². The molecule has 1 spiro atoms. The molecule has 3 saturated heterocycles. The average Bonchev–Trinajstić information content (AvgIpc) is 3.33. The first-order valence-corrected chi connectivity index (χ1v) is 13.0. The van der Waals surface area contributed by atoms with Crippen LogP contribution in [0.2, 0.25) is 0 Å². The van der Waals surface area contributed by atoms with E-state index in [1.54, 1.807) is 16.7 Å². The van der Waals surface area contributed by atoms with Crippen LogP contribution < -0.4 is 10.6 Å². The lowest BCUT2D eigenvalue weighted by Crippen LogP contribution is -2.56. The van der Waals surface area contributed by atoms with Crippen molar-refractivity contribution in [3.05, 3.63) is 0 Å². The Morgan fingerprint density at radius 3 is 2.52 bits per heavy atom. The smallest absolute Gasteiger partial charge is 0.244 e. The predicted molar refractivity (Wildman–Crippen MR) is 123 cm³/mol. The van der Waals surface area contributed by atoms with E-state index < -0.39 is 16.7 Å². The van der Waals surface area contributed by atoms with E-state index in [9.17, 15) is 19.5 Å². The van der Waals surface area contributed by atoms with Crippen LogP contribution in [-0.2, 0) is 14.4 Å². The van der Waals surface area contributed by atoms with Gasteiger partial charge in [0.2, 0.25) is 17.7 Å². The summed E-state index contributed by atoms with van der Waals surface area (Å²) in [5.41, 5.74) is 0. The van der Waals surface area contributed by atoms with E-state index >= 15 is 0 Å². The summed E-state index contributed by atoms with van der Waals surface area (Å²) in [6.45, 7) is 8.03. The van der Waals surface area contributed by atoms with E-state index in [0.717, 1.165) is 32.1 Å². The summed E-state index contributed by atoms with van der Waals surface area (Å²) in [6.07, 6.45) is 6.04. The van der Waals surface area contributed by atoms with Gasteiger partial charge >= 0.3 is 0 Å². The van der Waals surface area contributed by atoms with Crippen molar-refractivity contribution in [3.8, 4) is 0 Å². The van der Waals surface area contributed by atoms with Crippen LogP contribution in [0.25, 0.3) is 0 Å². The maximum Gasteiger partial charge on any atom is 0.244 e. The van der Waals surface area contributed by atoms with Crippen molar-refractivity contribution >= 4 is 29.5 Å². The molecule has 0 radical (unpaired) electrons. The fourth-order valence-electron chi connectivity index (χ4n) is 5.80. The third-order valence-electron chi connectivity index (χ3n) is 7.23. The Morgan fingerprint density at radius 1 is 1.10 bits per heavy atom. The molecule has 0 aromatic carbocycles. The van der Waals surface area contributed by atoms with E-state index in [0.29, 0.717) is 32.5 Å². The summed E-state index contributed by atoms with van der Waals surface area (Å²) in [4.78, 5) is 41.9. The molecule has 31 heavy (non-hydrogen) atoms. The lowest BCUT2D eigenvalue weighted by Gasteiger charge is -2.38. The van der Waals surface area contributed by atoms with Gasteiger partial charge < -0.3 is 20.6 Å². The summed E-state index contributed by atoms with van der Waals surface area (Å²) in [5.74, 6) is -0.774. The van der Waals surface area contributed by atoms with E-state index in [-0.39, 0.29) is 41.4 Å². The van der Waals surface area contributed by atoms with Gasteiger partial charge in [-0.3, -0.25) is 14.4 Å². The fourth-order valence-corrected chi connectivity index (χ4v) is 8.23. The molecule has 3 aliphatic heterocycles. The van der Waals surface area contributed by atoms with Crippen molar-refractivity contribution in [3.63, 3.8) is 0 Å². The molecule has 176 valence electrons. The number of unbranched alkanes of at least 4 members (excludes halogenated alkanes) is 3. The van der Waals surface area contributed by atoms with Crippen molar-refractivity contribution in [1.29, 1.82) is 0 Å². The van der Waals surface area contributed by atoms with Gasteiger partial charge in [0, 0.05) is 31.5 Å². The van der Waals surface area contributed by atoms with Gasteiger partial charge in [0.1, 0.15) is 6.04 Å². The summed E-state index contributed by atoms with van der Waals surface area (Å²) in [7, 11) is 0. The Hall–Kier alpha value is -1.28. The molecule has 0 saturated carbocycles. The number of amides is 3. The first-order chi connectivity index (χ1) is 14.9. The molecule has 0 aromatic rings. The zero-order valence-electron chi connectivity index (χ0n) is 19.2. The molecule has 3 rings (SSSR count). The number of nitrogens with one attached hydrogen (secondary N) is 2. The largest absolute Gasteiger partial charge is 0.396 e. The molecule has 3 amide bonds. The number of likely N-dealkylation sites (tertiary alicyclic amines) is 1. The number of nitrogens with zero attached hydrogens (tertiary/aromatic N) is 1. The third kappa shape index (κ3) is 4.34. The molecule has 3 N–H and O–H groups in total. The van der Waals surface area contributed by atoms with Gasteiger partial charge in [0.25, 0.3) is 0 Å². The van der Waals surface area contributed by atoms with Gasteiger partial charge in [0.05, 0.1) is 16.6 Å². The molecule has 0 aliphatic carbocycles. The fraction of sp³-hybridized carbons (Fsp3) is 0.870. The molecular weight excluding hydrogens is 414 g/mol. The molecule has 7 nitrogen and oxygen atoms in total. The number of carbonyl (C=O) groups excluding carboxylic acids is 3. The quantitative estimate of drug-likeness (QED) is 0.392. The number of rotatable bonds is 12. The number of thioether (sulfide) groups is 1. The second kappa shape index (κ2) is 10.6. The predicted octanol–water partition coefficient (Wildman–Crippen LogP) is 1.93. The van der Waals surface area contributed by atoms with E-state index in [4.69, 9.17) is 0 Å². The Balaban J connectivity index is 1.88. The van der Waals surface area contributed by atoms with Gasteiger partial charge in [-0.1, -0.05) is 33.6 Å². The molecule has 8 heteroatoms. The van der Waals surface area contributed by atoms with Crippen molar-refractivity contribution in [2.45, 2.75) is 81.8 Å². The van der Waals surface area contributed by atoms with E-state index in [2.05, 4.69) is 24.5 Å². The lowest BCUT2D eigenvalue weighted by atomic mass is 9.66. The minimum absolute atomic E-state index is 0.0363. The Kier molecular flexibility index (Phi) is 8.30. The maximum absolute atomic E-state index is 13.7. The Bertz CT molecular complexity index is 675. The standard InChI is InChI=1S/C23H39N3O4S/c1-4-6-7-11-25-21(29)19-23-15(3)14-16(31-23)17(20(28)24-10-5-2)18(23)22(30)26(19)12-8-9-13-27/h15-19,27H,4-14H2,1-3H3,(H,24,28)(H,25,29)/t15?,16-,17+,18+,19?,23?/m1/s1. The number of aliphatic hydroxyl groups is 1. The molecule has 3 heterocycles. The number of fused-ring (bicyclic) bond motifs is 1. The highest BCUT2D eigenvalue weighted by molar-refractivity contribution is 8.02. The summed E-state index contributed by atoms with van der Waals surface area (Å²) < 4.78 is -0.538. The van der Waals surface area contributed by atoms with Gasteiger partial charge in [-0.15, -0.1) is 11.8 Å². The Labute approximate surface area is 190 Å². The SMILES string of the molecule is CCCCCNC(=O)C1N(CCCCO)C(=O)[C@@H]2[C@@H](C(=O)NCCC)[C@H]3CC(C)C12S3. The monoisotopic (exact) mass is 453 g/mol. The van der Waals surface area contributed by atoms with Crippen molar-refractivity contribution in [2.75, 3.05) is 26.2 Å². The highest BCUT2D eigenvalue weighted by Gasteiger charge is 2.75. The molecule has 3 aliphatic rings. The summed E-state index contributed by atoms with van der Waals surface area (Å²) in [6, 6.07) is -0.542. The minimum atomic E-state index is -0.542. The zero-order chi connectivity index (χ0) is 22.6. The summed E-state index contributed by atoms with van der Waals surface area (Å²) in [5, 5.41) is 15.4. The van der Waals surface area contributed by atoms with Crippen LogP contribution in [0.4, 0.5) is 0 Å². The third-order valence-corrected chi connectivity index (χ3v) is 9.31. The first kappa shape index (κ1) is 24.4. The second-order valence-electron chi connectivity index (χ2n) is 9.30. The Morgan fingerprint density at radius 2 is 1.84 bits per heavy atom. The van der Waals surface area contributed by atoms with Crippen LogP contribution >= 0.6 is 11.8 Å². The number of hydrogen-bond acceptors (Lipinski definition) is 5. The molecule has 3 fully saturated rings. The average molecular weight is 454 g/mol. The van der Waals surface area contributed by atoms with Crippen molar-refractivity contribution in [1.82, 2.24) is 15.5 Å². The van der Waals surface area contributed by atoms with Crippen molar-refractivity contribution in [2.24, 2.45) is 17.8 Å². The highest BCUT2D eigenvalue weighted by Crippen LogP contribution is 2.68. The molecular formula is C23H39N3O4S. The van der Waals surface area contributed by atoms with Crippen LogP contribution in [0, 0.1) is 17.8 Å². The minimum Gasteiger partial charge on any atom is -0.396 e. The molecule has 2 bridgehead atoms. The van der Waals surface area contributed by atoms with Crippen LogP contribution in [-0.4, -0.2) is 70.0 Å². The first-order valence-electron chi connectivity index (χ1n) is 12.1. The van der Waals surface area contributed by atoms with Crippen molar-refractivity contribution < 1.29 is 19.5 Å². The van der Waals surface area contributed by atoms with Gasteiger partial charge in [0.15, 0.2) is 0 Å². The molecule has 6 atom stereocenters. The van der Waals surface area contributed by atoms with Gasteiger partial charge in [-0.05, 0) is 38.0 Å². The second-order valence-corrected chi connectivity index (χ2v) is 10.9. The number of aliphatic hydroxyl groups excluding tert-OH is 1. The maximum atomic E-state index is 13.7. The molecule has 0 aromatic heterocycles. The zero-order valence-corrected chi connectivity index (χ0v) is 20.0. The van der Waals surface area contributed by atoms with Gasteiger partial charge in [-0.2, -0.15) is 0 Å². The lowest BCUT2D eigenvalue weighted by molar-refractivity contribution is -0.140.